The lowest BCUT2D eigenvalue weighted by molar-refractivity contribution is 0.103. The number of aromatic hydroxyl groups is 1. The molecule has 0 bridgehead atoms. The van der Waals surface area contributed by atoms with E-state index in [2.05, 4.69) is 19.9 Å². The molecule has 0 unspecified atom stereocenters. The first-order valence-corrected chi connectivity index (χ1v) is 9.01. The number of carbonyl (C=O) groups excluding carboxylic acids is 1. The summed E-state index contributed by atoms with van der Waals surface area (Å²) in [5.41, 5.74) is 15.5. The minimum absolute atomic E-state index is 0.0375. The molecule has 0 aliphatic carbocycles. The molecule has 2 heterocycles. The molecular formula is C21H20N6O2. The van der Waals surface area contributed by atoms with Crippen molar-refractivity contribution in [2.75, 3.05) is 6.54 Å². The third-order valence-corrected chi connectivity index (χ3v) is 4.61. The van der Waals surface area contributed by atoms with Crippen molar-refractivity contribution < 1.29 is 9.90 Å². The van der Waals surface area contributed by atoms with E-state index in [1.165, 1.54) is 6.20 Å². The lowest BCUT2D eigenvalue weighted by Gasteiger charge is -2.07. The number of ketones is 1. The molecule has 0 aliphatic rings. The summed E-state index contributed by atoms with van der Waals surface area (Å²) < 4.78 is 0. The Morgan fingerprint density at radius 1 is 1.17 bits per heavy atom. The maximum Gasteiger partial charge on any atom is 0.212 e. The van der Waals surface area contributed by atoms with Crippen molar-refractivity contribution in [1.29, 1.82) is 0 Å². The van der Waals surface area contributed by atoms with Gasteiger partial charge in [0.25, 0.3) is 0 Å². The molecule has 0 radical (unpaired) electrons. The predicted octanol–water partition coefficient (Wildman–Crippen LogP) is 2.81. The van der Waals surface area contributed by atoms with Crippen LogP contribution in [0.15, 0.2) is 59.2 Å². The SMILES string of the molecule is Cc1nc2ccc(N=C(CN)C(=CN)C(=O)c3cc4ccc(O)cc4[nH]3)cc2[nH]1. The minimum atomic E-state index is -0.328. The smallest absolute Gasteiger partial charge is 0.212 e. The first-order chi connectivity index (χ1) is 14.0. The molecular weight excluding hydrogens is 368 g/mol. The van der Waals surface area contributed by atoms with Gasteiger partial charge in [-0.15, -0.1) is 0 Å². The van der Waals surface area contributed by atoms with E-state index in [4.69, 9.17) is 11.5 Å². The predicted molar refractivity (Wildman–Crippen MR) is 114 cm³/mol. The van der Waals surface area contributed by atoms with E-state index in [0.29, 0.717) is 22.6 Å². The van der Waals surface area contributed by atoms with Crippen LogP contribution < -0.4 is 11.5 Å². The molecule has 146 valence electrons. The van der Waals surface area contributed by atoms with Crippen molar-refractivity contribution in [3.05, 3.63) is 65.8 Å². The highest BCUT2D eigenvalue weighted by Crippen LogP contribution is 2.24. The quantitative estimate of drug-likeness (QED) is 0.203. The number of rotatable bonds is 5. The summed E-state index contributed by atoms with van der Waals surface area (Å²) in [4.78, 5) is 28.1. The van der Waals surface area contributed by atoms with Crippen molar-refractivity contribution >= 4 is 39.1 Å². The number of phenolic OH excluding ortho intramolecular Hbond substituents is 1. The normalized spacial score (nSPS) is 12.8. The second-order valence-corrected chi connectivity index (χ2v) is 6.65. The number of nitrogens with zero attached hydrogens (tertiary/aromatic N) is 2. The summed E-state index contributed by atoms with van der Waals surface area (Å²) in [7, 11) is 0. The van der Waals surface area contributed by atoms with Gasteiger partial charge in [-0.3, -0.25) is 9.79 Å². The highest BCUT2D eigenvalue weighted by atomic mass is 16.3. The number of hydrogen-bond donors (Lipinski definition) is 5. The number of aromatic nitrogens is 3. The third-order valence-electron chi connectivity index (χ3n) is 4.61. The van der Waals surface area contributed by atoms with E-state index in [9.17, 15) is 9.90 Å². The second-order valence-electron chi connectivity index (χ2n) is 6.65. The Balaban J connectivity index is 1.70. The number of aryl methyl sites for hydroxylation is 1. The molecule has 0 atom stereocenters. The summed E-state index contributed by atoms with van der Waals surface area (Å²) in [6.45, 7) is 1.91. The Morgan fingerprint density at radius 3 is 2.76 bits per heavy atom. The number of imidazole rings is 1. The summed E-state index contributed by atoms with van der Waals surface area (Å²) >= 11 is 0. The van der Waals surface area contributed by atoms with E-state index in [1.54, 1.807) is 24.3 Å². The van der Waals surface area contributed by atoms with Crippen molar-refractivity contribution in [3.63, 3.8) is 0 Å². The molecule has 8 heteroatoms. The average Bonchev–Trinajstić information content (AvgIpc) is 3.29. The summed E-state index contributed by atoms with van der Waals surface area (Å²) in [5.74, 6) is 0.593. The first kappa shape index (κ1) is 18.5. The molecule has 0 fully saturated rings. The van der Waals surface area contributed by atoms with Gasteiger partial charge in [0.1, 0.15) is 11.6 Å². The van der Waals surface area contributed by atoms with Gasteiger partial charge >= 0.3 is 0 Å². The number of aliphatic imine (C=N–C) groups is 1. The Labute approximate surface area is 166 Å². The number of aromatic amines is 2. The lowest BCUT2D eigenvalue weighted by Crippen LogP contribution is -2.23. The van der Waals surface area contributed by atoms with Gasteiger partial charge in [-0.1, -0.05) is 0 Å². The van der Waals surface area contributed by atoms with E-state index in [0.717, 1.165) is 22.2 Å². The number of carbonyl (C=O) groups is 1. The standard InChI is InChI=1S/C21H20N6O2/c1-11-24-16-5-3-13(7-18(16)25-11)26-20(10-23)15(9-22)21(29)19-6-12-2-4-14(28)8-17(12)27-19/h2-9,27-28H,10,22-23H2,1H3,(H,24,25). The molecule has 0 amide bonds. The average molecular weight is 388 g/mol. The Bertz CT molecular complexity index is 1300. The van der Waals surface area contributed by atoms with Gasteiger partial charge in [-0.25, -0.2) is 4.98 Å². The van der Waals surface area contributed by atoms with Gasteiger partial charge in [0.05, 0.1) is 33.7 Å². The Morgan fingerprint density at radius 2 is 2.00 bits per heavy atom. The van der Waals surface area contributed by atoms with Gasteiger partial charge in [0, 0.05) is 29.7 Å². The highest BCUT2D eigenvalue weighted by molar-refractivity contribution is 6.29. The Kier molecular flexibility index (Phi) is 4.61. The molecule has 0 spiro atoms. The van der Waals surface area contributed by atoms with Gasteiger partial charge < -0.3 is 26.5 Å². The molecule has 0 saturated carbocycles. The maximum atomic E-state index is 13.0. The molecule has 29 heavy (non-hydrogen) atoms. The Hall–Kier alpha value is -3.91. The van der Waals surface area contributed by atoms with Crippen LogP contribution in [0, 0.1) is 6.92 Å². The van der Waals surface area contributed by atoms with Crippen molar-refractivity contribution in [3.8, 4) is 5.75 Å². The molecule has 4 aromatic rings. The minimum Gasteiger partial charge on any atom is -0.508 e. The van der Waals surface area contributed by atoms with Crippen LogP contribution in [0.2, 0.25) is 0 Å². The zero-order chi connectivity index (χ0) is 20.5. The fourth-order valence-corrected chi connectivity index (χ4v) is 3.25. The van der Waals surface area contributed by atoms with E-state index >= 15 is 0 Å². The van der Waals surface area contributed by atoms with Gasteiger partial charge in [0.2, 0.25) is 5.78 Å². The molecule has 2 aromatic heterocycles. The zero-order valence-corrected chi connectivity index (χ0v) is 15.7. The number of hydrogen-bond acceptors (Lipinski definition) is 6. The molecule has 0 saturated heterocycles. The number of benzene rings is 2. The van der Waals surface area contributed by atoms with Crippen molar-refractivity contribution in [1.82, 2.24) is 15.0 Å². The topological polar surface area (TPSA) is 146 Å². The van der Waals surface area contributed by atoms with E-state index < -0.39 is 0 Å². The summed E-state index contributed by atoms with van der Waals surface area (Å²) in [6.07, 6.45) is 1.22. The molecule has 8 nitrogen and oxygen atoms in total. The number of Topliss-reactive ketones (excluding diaryl/α,β-unsaturated/α-hetero) is 1. The molecule has 2 aromatic carbocycles. The molecule has 4 rings (SSSR count). The number of nitrogens with two attached hydrogens (primary N) is 2. The monoisotopic (exact) mass is 388 g/mol. The summed E-state index contributed by atoms with van der Waals surface area (Å²) in [5, 5.41) is 10.4. The van der Waals surface area contributed by atoms with Crippen LogP contribution in [-0.4, -0.2) is 38.1 Å². The van der Waals surface area contributed by atoms with Crippen LogP contribution >= 0.6 is 0 Å². The van der Waals surface area contributed by atoms with E-state index in [-0.39, 0.29) is 23.7 Å². The van der Waals surface area contributed by atoms with Crippen LogP contribution in [-0.2, 0) is 0 Å². The fourth-order valence-electron chi connectivity index (χ4n) is 3.25. The largest absolute Gasteiger partial charge is 0.508 e. The highest BCUT2D eigenvalue weighted by Gasteiger charge is 2.19. The first-order valence-electron chi connectivity index (χ1n) is 9.01. The lowest BCUT2D eigenvalue weighted by atomic mass is 10.0. The number of fused-ring (bicyclic) bond motifs is 2. The van der Waals surface area contributed by atoms with Crippen LogP contribution in [0.3, 0.4) is 0 Å². The number of nitrogens with one attached hydrogen (secondary N) is 2. The van der Waals surface area contributed by atoms with Crippen molar-refractivity contribution in [2.45, 2.75) is 6.92 Å². The zero-order valence-electron chi connectivity index (χ0n) is 15.7. The van der Waals surface area contributed by atoms with Gasteiger partial charge in [-0.2, -0.15) is 0 Å². The maximum absolute atomic E-state index is 13.0. The van der Waals surface area contributed by atoms with Crippen LogP contribution in [0.1, 0.15) is 16.3 Å². The number of phenols is 1. The third kappa shape index (κ3) is 3.48. The van der Waals surface area contributed by atoms with Crippen LogP contribution in [0.4, 0.5) is 5.69 Å². The van der Waals surface area contributed by atoms with E-state index in [1.807, 2.05) is 25.1 Å². The fraction of sp³-hybridized carbons (Fsp3) is 0.0952. The second kappa shape index (κ2) is 7.25. The van der Waals surface area contributed by atoms with Crippen molar-refractivity contribution in [2.24, 2.45) is 16.5 Å². The summed E-state index contributed by atoms with van der Waals surface area (Å²) in [6, 6.07) is 12.0. The van der Waals surface area contributed by atoms with Gasteiger partial charge in [0.15, 0.2) is 0 Å². The van der Waals surface area contributed by atoms with Crippen LogP contribution in [0.5, 0.6) is 5.75 Å². The molecule has 0 aliphatic heterocycles. The van der Waals surface area contributed by atoms with Gasteiger partial charge in [-0.05, 0) is 43.3 Å². The number of H-pyrrole nitrogens is 2. The van der Waals surface area contributed by atoms with Crippen LogP contribution in [0.25, 0.3) is 21.9 Å². The molecule has 7 N–H and O–H groups in total.